The number of carboxylic acid groups (broad SMARTS) is 1. The Balaban J connectivity index is 0.000000222. The van der Waals surface area contributed by atoms with Gasteiger partial charge in [-0.1, -0.05) is 18.2 Å². The number of aliphatic carboxylic acids is 1. The van der Waals surface area contributed by atoms with Crippen LogP contribution in [-0.2, 0) is 4.79 Å². The number of hydrogen-bond donors (Lipinski definition) is 2. The monoisotopic (exact) mass is 221 g/mol. The number of nitrogens with two attached hydrogens (primary N) is 1. The third-order valence-electron chi connectivity index (χ3n) is 1.22. The number of rotatable bonds is 0. The van der Waals surface area contributed by atoms with Crippen molar-refractivity contribution in [2.45, 2.75) is 6.92 Å². The first-order chi connectivity index (χ1) is 7.63. The molecule has 0 aliphatic rings. The van der Waals surface area contributed by atoms with Crippen LogP contribution in [0, 0.1) is 0 Å². The topological polar surface area (TPSA) is 76.5 Å². The SMILES string of the molecule is CC(=O)O.Nc1ccccc1.c1ccoc1. The van der Waals surface area contributed by atoms with E-state index < -0.39 is 5.97 Å². The van der Waals surface area contributed by atoms with E-state index in [1.165, 1.54) is 0 Å². The van der Waals surface area contributed by atoms with Crippen molar-refractivity contribution in [3.63, 3.8) is 0 Å². The molecule has 1 heterocycles. The molecule has 2 aromatic rings. The van der Waals surface area contributed by atoms with Crippen LogP contribution in [0.5, 0.6) is 0 Å². The molecular formula is C12H15NO3. The van der Waals surface area contributed by atoms with Gasteiger partial charge in [0.2, 0.25) is 0 Å². The fourth-order valence-corrected chi connectivity index (χ4v) is 0.680. The molecule has 0 aliphatic carbocycles. The fourth-order valence-electron chi connectivity index (χ4n) is 0.680. The Morgan fingerprint density at radius 2 is 1.56 bits per heavy atom. The van der Waals surface area contributed by atoms with Crippen molar-refractivity contribution in [3.8, 4) is 0 Å². The molecule has 0 aliphatic heterocycles. The Morgan fingerprint density at radius 1 is 1.12 bits per heavy atom. The van der Waals surface area contributed by atoms with E-state index in [-0.39, 0.29) is 0 Å². The molecular weight excluding hydrogens is 206 g/mol. The lowest BCUT2D eigenvalue weighted by atomic mass is 10.3. The summed E-state index contributed by atoms with van der Waals surface area (Å²) in [6, 6.07) is 13.2. The lowest BCUT2D eigenvalue weighted by Gasteiger charge is -1.83. The first kappa shape index (κ1) is 13.8. The van der Waals surface area contributed by atoms with E-state index in [2.05, 4.69) is 4.42 Å². The van der Waals surface area contributed by atoms with E-state index in [9.17, 15) is 0 Å². The summed E-state index contributed by atoms with van der Waals surface area (Å²) in [7, 11) is 0. The first-order valence-corrected chi connectivity index (χ1v) is 4.60. The van der Waals surface area contributed by atoms with Gasteiger partial charge >= 0.3 is 0 Å². The molecule has 86 valence electrons. The standard InChI is InChI=1S/C6H7N.C4H4O.C2H4O2/c7-6-4-2-1-3-5-6;1-2-4-5-3-1;1-2(3)4/h1-5H,7H2;1-4H;1H3,(H,3,4). The minimum atomic E-state index is -0.833. The molecule has 0 unspecified atom stereocenters. The van der Waals surface area contributed by atoms with Gasteiger partial charge in [-0.05, 0) is 24.3 Å². The van der Waals surface area contributed by atoms with Crippen LogP contribution in [-0.4, -0.2) is 11.1 Å². The molecule has 0 radical (unpaired) electrons. The highest BCUT2D eigenvalue weighted by atomic mass is 16.4. The van der Waals surface area contributed by atoms with Gasteiger partial charge in [-0.15, -0.1) is 0 Å². The maximum atomic E-state index is 9.00. The number of para-hydroxylation sites is 1. The first-order valence-electron chi connectivity index (χ1n) is 4.60. The Hall–Kier alpha value is -2.23. The van der Waals surface area contributed by atoms with Crippen LogP contribution < -0.4 is 5.73 Å². The summed E-state index contributed by atoms with van der Waals surface area (Å²) in [5.41, 5.74) is 6.18. The summed E-state index contributed by atoms with van der Waals surface area (Å²) in [6.45, 7) is 1.08. The number of carbonyl (C=O) groups is 1. The highest BCUT2D eigenvalue weighted by Gasteiger charge is 1.72. The van der Waals surface area contributed by atoms with Crippen LogP contribution in [0.1, 0.15) is 6.92 Å². The van der Waals surface area contributed by atoms with Crippen LogP contribution >= 0.6 is 0 Å². The summed E-state index contributed by atoms with van der Waals surface area (Å²) in [4.78, 5) is 9.00. The second kappa shape index (κ2) is 9.33. The van der Waals surface area contributed by atoms with Crippen molar-refractivity contribution in [1.82, 2.24) is 0 Å². The van der Waals surface area contributed by atoms with Gasteiger partial charge < -0.3 is 15.3 Å². The Kier molecular flexibility index (Phi) is 8.03. The quantitative estimate of drug-likeness (QED) is 0.670. The Labute approximate surface area is 94.3 Å². The van der Waals surface area contributed by atoms with Crippen LogP contribution in [0.3, 0.4) is 0 Å². The van der Waals surface area contributed by atoms with Gasteiger partial charge in [0, 0.05) is 12.6 Å². The van der Waals surface area contributed by atoms with E-state index in [1.54, 1.807) is 12.5 Å². The summed E-state index contributed by atoms with van der Waals surface area (Å²) in [5.74, 6) is -0.833. The van der Waals surface area contributed by atoms with Crippen molar-refractivity contribution >= 4 is 11.7 Å². The van der Waals surface area contributed by atoms with Crippen molar-refractivity contribution in [3.05, 3.63) is 55.0 Å². The lowest BCUT2D eigenvalue weighted by Crippen LogP contribution is -1.79. The van der Waals surface area contributed by atoms with Crippen LogP contribution in [0.25, 0.3) is 0 Å². The van der Waals surface area contributed by atoms with Crippen molar-refractivity contribution in [1.29, 1.82) is 0 Å². The van der Waals surface area contributed by atoms with Crippen LogP contribution in [0.15, 0.2) is 59.4 Å². The van der Waals surface area contributed by atoms with E-state index >= 15 is 0 Å². The zero-order chi connectivity index (χ0) is 12.2. The number of benzene rings is 1. The molecule has 16 heavy (non-hydrogen) atoms. The van der Waals surface area contributed by atoms with Crippen molar-refractivity contribution in [2.75, 3.05) is 5.73 Å². The van der Waals surface area contributed by atoms with Gasteiger partial charge in [0.15, 0.2) is 0 Å². The summed E-state index contributed by atoms with van der Waals surface area (Å²) >= 11 is 0. The van der Waals surface area contributed by atoms with E-state index in [0.717, 1.165) is 12.6 Å². The van der Waals surface area contributed by atoms with E-state index in [0.29, 0.717) is 0 Å². The summed E-state index contributed by atoms with van der Waals surface area (Å²) < 4.78 is 4.58. The molecule has 0 fully saturated rings. The number of hydrogen-bond acceptors (Lipinski definition) is 3. The molecule has 0 bridgehead atoms. The van der Waals surface area contributed by atoms with Crippen molar-refractivity contribution in [2.24, 2.45) is 0 Å². The second-order valence-electron chi connectivity index (χ2n) is 2.72. The van der Waals surface area contributed by atoms with Gasteiger partial charge in [-0.25, -0.2) is 0 Å². The fraction of sp³-hybridized carbons (Fsp3) is 0.0833. The summed E-state index contributed by atoms with van der Waals surface area (Å²) in [6.07, 6.45) is 3.25. The number of nitrogen functional groups attached to an aromatic ring is 1. The van der Waals surface area contributed by atoms with Gasteiger partial charge in [0.1, 0.15) is 0 Å². The molecule has 4 heteroatoms. The molecule has 1 aromatic heterocycles. The average Bonchev–Trinajstić information content (AvgIpc) is 2.75. The predicted molar refractivity (Wildman–Crippen MR) is 62.9 cm³/mol. The molecule has 0 atom stereocenters. The Bertz CT molecular complexity index is 336. The van der Waals surface area contributed by atoms with Crippen molar-refractivity contribution < 1.29 is 14.3 Å². The molecule has 2 rings (SSSR count). The lowest BCUT2D eigenvalue weighted by molar-refractivity contribution is -0.134. The largest absolute Gasteiger partial charge is 0.481 e. The molecule has 0 spiro atoms. The zero-order valence-corrected chi connectivity index (χ0v) is 9.04. The molecule has 3 N–H and O–H groups in total. The maximum absolute atomic E-state index is 9.00. The predicted octanol–water partition coefficient (Wildman–Crippen LogP) is 2.64. The minimum Gasteiger partial charge on any atom is -0.481 e. The third kappa shape index (κ3) is 11.8. The van der Waals surface area contributed by atoms with E-state index in [4.69, 9.17) is 15.6 Å². The van der Waals surface area contributed by atoms with Gasteiger partial charge in [0.25, 0.3) is 5.97 Å². The highest BCUT2D eigenvalue weighted by Crippen LogP contribution is 1.95. The Morgan fingerprint density at radius 3 is 1.75 bits per heavy atom. The van der Waals surface area contributed by atoms with E-state index in [1.807, 2.05) is 42.5 Å². The molecule has 0 amide bonds. The van der Waals surface area contributed by atoms with Crippen LogP contribution in [0.2, 0.25) is 0 Å². The molecule has 1 aromatic carbocycles. The molecule has 4 nitrogen and oxygen atoms in total. The number of carboxylic acids is 1. The maximum Gasteiger partial charge on any atom is 0.300 e. The van der Waals surface area contributed by atoms with Gasteiger partial charge in [-0.2, -0.15) is 0 Å². The number of anilines is 1. The molecule has 0 saturated heterocycles. The number of furan rings is 1. The third-order valence-corrected chi connectivity index (χ3v) is 1.22. The smallest absolute Gasteiger partial charge is 0.300 e. The minimum absolute atomic E-state index is 0.822. The average molecular weight is 221 g/mol. The zero-order valence-electron chi connectivity index (χ0n) is 9.04. The normalized spacial score (nSPS) is 7.81. The highest BCUT2D eigenvalue weighted by molar-refractivity contribution is 5.62. The second-order valence-corrected chi connectivity index (χ2v) is 2.72. The van der Waals surface area contributed by atoms with Gasteiger partial charge in [-0.3, -0.25) is 4.79 Å². The molecule has 0 saturated carbocycles. The van der Waals surface area contributed by atoms with Gasteiger partial charge in [0.05, 0.1) is 12.5 Å². The summed E-state index contributed by atoms with van der Waals surface area (Å²) in [5, 5.41) is 7.42. The van der Waals surface area contributed by atoms with Crippen LogP contribution in [0.4, 0.5) is 5.69 Å².